The summed E-state index contributed by atoms with van der Waals surface area (Å²) in [5.41, 5.74) is 1.74. The van der Waals surface area contributed by atoms with Crippen molar-refractivity contribution >= 4 is 17.3 Å². The van der Waals surface area contributed by atoms with E-state index >= 15 is 0 Å². The summed E-state index contributed by atoms with van der Waals surface area (Å²) in [7, 11) is 0. The smallest absolute Gasteiger partial charge is 0.280 e. The zero-order valence-corrected chi connectivity index (χ0v) is 11.2. The summed E-state index contributed by atoms with van der Waals surface area (Å²) in [6.45, 7) is 1.87. The molecular formula is C16H12F3NO. The predicted octanol–water partition coefficient (Wildman–Crippen LogP) is 4.23. The van der Waals surface area contributed by atoms with Crippen LogP contribution in [0.4, 0.5) is 24.5 Å². The SMILES string of the molecule is Cc1cccc(N2C(=O)Cc3ccc(C(F)(F)F)cc32)c1. The lowest BCUT2D eigenvalue weighted by atomic mass is 10.1. The van der Waals surface area contributed by atoms with Crippen molar-refractivity contribution in [2.45, 2.75) is 19.5 Å². The highest BCUT2D eigenvalue weighted by Gasteiger charge is 2.35. The average Bonchev–Trinajstić information content (AvgIpc) is 2.72. The number of hydrogen-bond acceptors (Lipinski definition) is 1. The van der Waals surface area contributed by atoms with Crippen LogP contribution in [0.15, 0.2) is 42.5 Å². The Labute approximate surface area is 119 Å². The van der Waals surface area contributed by atoms with Crippen LogP contribution in [0.25, 0.3) is 0 Å². The lowest BCUT2D eigenvalue weighted by Gasteiger charge is -2.19. The number of rotatable bonds is 1. The van der Waals surface area contributed by atoms with Crippen molar-refractivity contribution in [3.8, 4) is 0 Å². The number of amides is 1. The van der Waals surface area contributed by atoms with E-state index in [1.165, 1.54) is 11.0 Å². The van der Waals surface area contributed by atoms with Crippen LogP contribution in [0.3, 0.4) is 0 Å². The maximum Gasteiger partial charge on any atom is 0.416 e. The van der Waals surface area contributed by atoms with Crippen molar-refractivity contribution in [1.29, 1.82) is 0 Å². The number of carbonyl (C=O) groups is 1. The first-order chi connectivity index (χ1) is 9.86. The quantitative estimate of drug-likeness (QED) is 0.769. The van der Waals surface area contributed by atoms with Crippen LogP contribution in [-0.2, 0) is 17.4 Å². The van der Waals surface area contributed by atoms with Gasteiger partial charge in [0.25, 0.3) is 0 Å². The zero-order valence-electron chi connectivity index (χ0n) is 11.2. The van der Waals surface area contributed by atoms with Gasteiger partial charge in [0.1, 0.15) is 0 Å². The molecular weight excluding hydrogens is 279 g/mol. The summed E-state index contributed by atoms with van der Waals surface area (Å²) in [5, 5.41) is 0. The van der Waals surface area contributed by atoms with Gasteiger partial charge in [-0.1, -0.05) is 18.2 Å². The first kappa shape index (κ1) is 13.7. The molecule has 5 heteroatoms. The van der Waals surface area contributed by atoms with Crippen LogP contribution >= 0.6 is 0 Å². The molecule has 1 aliphatic heterocycles. The number of aryl methyl sites for hydroxylation is 1. The molecule has 0 aromatic heterocycles. The summed E-state index contributed by atoms with van der Waals surface area (Å²) in [5.74, 6) is -0.213. The lowest BCUT2D eigenvalue weighted by Crippen LogP contribution is -2.21. The first-order valence-electron chi connectivity index (χ1n) is 6.46. The van der Waals surface area contributed by atoms with Crippen molar-refractivity contribution in [3.05, 3.63) is 59.2 Å². The summed E-state index contributed by atoms with van der Waals surface area (Å²) in [4.78, 5) is 13.5. The Hall–Kier alpha value is -2.30. The topological polar surface area (TPSA) is 20.3 Å². The Balaban J connectivity index is 2.12. The maximum absolute atomic E-state index is 12.8. The van der Waals surface area contributed by atoms with Gasteiger partial charge in [-0.3, -0.25) is 9.69 Å². The van der Waals surface area contributed by atoms with E-state index in [0.29, 0.717) is 16.9 Å². The molecule has 0 saturated heterocycles. The number of halogens is 3. The third kappa shape index (κ3) is 2.39. The molecule has 108 valence electrons. The van der Waals surface area contributed by atoms with Gasteiger partial charge >= 0.3 is 6.18 Å². The minimum Gasteiger partial charge on any atom is -0.280 e. The van der Waals surface area contributed by atoms with Crippen molar-refractivity contribution in [2.24, 2.45) is 0 Å². The van der Waals surface area contributed by atoms with Crippen LogP contribution in [0.5, 0.6) is 0 Å². The van der Waals surface area contributed by atoms with Gasteiger partial charge < -0.3 is 0 Å². The Morgan fingerprint density at radius 2 is 1.86 bits per heavy atom. The van der Waals surface area contributed by atoms with E-state index in [1.54, 1.807) is 18.2 Å². The fourth-order valence-corrected chi connectivity index (χ4v) is 2.52. The molecule has 0 N–H and O–H groups in total. The Morgan fingerprint density at radius 1 is 1.10 bits per heavy atom. The molecule has 21 heavy (non-hydrogen) atoms. The van der Waals surface area contributed by atoms with Crippen molar-refractivity contribution < 1.29 is 18.0 Å². The van der Waals surface area contributed by atoms with Crippen LogP contribution in [0, 0.1) is 6.92 Å². The highest BCUT2D eigenvalue weighted by Crippen LogP contribution is 2.39. The Bertz CT molecular complexity index is 722. The fourth-order valence-electron chi connectivity index (χ4n) is 2.52. The van der Waals surface area contributed by atoms with Crippen LogP contribution in [0.1, 0.15) is 16.7 Å². The van der Waals surface area contributed by atoms with E-state index in [9.17, 15) is 18.0 Å². The molecule has 2 aromatic rings. The summed E-state index contributed by atoms with van der Waals surface area (Å²) < 4.78 is 38.5. The van der Waals surface area contributed by atoms with Gasteiger partial charge in [-0.15, -0.1) is 0 Å². The van der Waals surface area contributed by atoms with Gasteiger partial charge in [0, 0.05) is 5.69 Å². The van der Waals surface area contributed by atoms with Gasteiger partial charge in [0.2, 0.25) is 5.91 Å². The van der Waals surface area contributed by atoms with Crippen LogP contribution < -0.4 is 4.90 Å². The highest BCUT2D eigenvalue weighted by atomic mass is 19.4. The molecule has 0 unspecified atom stereocenters. The number of anilines is 2. The molecule has 0 radical (unpaired) electrons. The highest BCUT2D eigenvalue weighted by molar-refractivity contribution is 6.07. The Kier molecular flexibility index (Phi) is 3.01. The number of fused-ring (bicyclic) bond motifs is 1. The molecule has 0 bridgehead atoms. The number of hydrogen-bond donors (Lipinski definition) is 0. The summed E-state index contributed by atoms with van der Waals surface area (Å²) in [6, 6.07) is 10.6. The second-order valence-corrected chi connectivity index (χ2v) is 5.09. The monoisotopic (exact) mass is 291 g/mol. The molecule has 1 aliphatic rings. The van der Waals surface area contributed by atoms with Gasteiger partial charge in [0.15, 0.2) is 0 Å². The summed E-state index contributed by atoms with van der Waals surface area (Å²) in [6.07, 6.45) is -4.29. The second-order valence-electron chi connectivity index (χ2n) is 5.09. The number of nitrogens with zero attached hydrogens (tertiary/aromatic N) is 1. The van der Waals surface area contributed by atoms with Crippen LogP contribution in [0.2, 0.25) is 0 Å². The number of carbonyl (C=O) groups excluding carboxylic acids is 1. The fraction of sp³-hybridized carbons (Fsp3) is 0.188. The Morgan fingerprint density at radius 3 is 2.52 bits per heavy atom. The van der Waals surface area contributed by atoms with E-state index in [-0.39, 0.29) is 12.3 Å². The molecule has 2 nitrogen and oxygen atoms in total. The van der Waals surface area contributed by atoms with Gasteiger partial charge in [-0.2, -0.15) is 13.2 Å². The van der Waals surface area contributed by atoms with Crippen molar-refractivity contribution in [1.82, 2.24) is 0 Å². The largest absolute Gasteiger partial charge is 0.416 e. The molecule has 0 spiro atoms. The molecule has 1 amide bonds. The van der Waals surface area contributed by atoms with Crippen LogP contribution in [-0.4, -0.2) is 5.91 Å². The molecule has 0 atom stereocenters. The zero-order chi connectivity index (χ0) is 15.2. The predicted molar refractivity (Wildman–Crippen MR) is 73.5 cm³/mol. The molecule has 0 aliphatic carbocycles. The minimum absolute atomic E-state index is 0.126. The molecule has 1 heterocycles. The normalized spacial score (nSPS) is 14.5. The standard InChI is InChI=1S/C16H12F3NO/c1-10-3-2-4-13(7-10)20-14-9-12(16(17,18)19)6-5-11(14)8-15(20)21/h2-7,9H,8H2,1H3. The van der Waals surface area contributed by atoms with Gasteiger partial charge in [-0.25, -0.2) is 0 Å². The van der Waals surface area contributed by atoms with E-state index in [2.05, 4.69) is 0 Å². The van der Waals surface area contributed by atoms with Gasteiger partial charge in [0.05, 0.1) is 17.7 Å². The molecule has 0 saturated carbocycles. The van der Waals surface area contributed by atoms with E-state index < -0.39 is 11.7 Å². The van der Waals surface area contributed by atoms with E-state index in [0.717, 1.165) is 17.7 Å². The maximum atomic E-state index is 12.8. The third-order valence-electron chi connectivity index (χ3n) is 3.50. The number of benzene rings is 2. The van der Waals surface area contributed by atoms with Gasteiger partial charge in [-0.05, 0) is 42.3 Å². The third-order valence-corrected chi connectivity index (χ3v) is 3.50. The van der Waals surface area contributed by atoms with E-state index in [4.69, 9.17) is 0 Å². The molecule has 0 fully saturated rings. The lowest BCUT2D eigenvalue weighted by molar-refractivity contribution is -0.137. The number of alkyl halides is 3. The first-order valence-corrected chi connectivity index (χ1v) is 6.46. The minimum atomic E-state index is -4.42. The molecule has 3 rings (SSSR count). The van der Waals surface area contributed by atoms with E-state index in [1.807, 2.05) is 13.0 Å². The average molecular weight is 291 g/mol. The van der Waals surface area contributed by atoms with Crippen molar-refractivity contribution in [3.63, 3.8) is 0 Å². The molecule has 2 aromatic carbocycles. The van der Waals surface area contributed by atoms with Crippen molar-refractivity contribution in [2.75, 3.05) is 4.90 Å². The summed E-state index contributed by atoms with van der Waals surface area (Å²) >= 11 is 0. The second kappa shape index (κ2) is 4.62.